The Hall–Kier alpha value is -3.26. The quantitative estimate of drug-likeness (QED) is 0.503. The normalized spacial score (nSPS) is 10.7. The largest absolute Gasteiger partial charge is 0.393 e. The Labute approximate surface area is 179 Å². The number of aromatic nitrogens is 2. The number of anilines is 2. The number of amides is 1. The van der Waals surface area contributed by atoms with Gasteiger partial charge >= 0.3 is 0 Å². The zero-order chi connectivity index (χ0) is 21.7. The van der Waals surface area contributed by atoms with Gasteiger partial charge in [0.2, 0.25) is 5.91 Å². The Bertz CT molecular complexity index is 1110. The third kappa shape index (κ3) is 5.21. The first-order valence-corrected chi connectivity index (χ1v) is 10.5. The van der Waals surface area contributed by atoms with Gasteiger partial charge in [-0.3, -0.25) is 9.59 Å². The molecule has 1 aromatic carbocycles. The van der Waals surface area contributed by atoms with Crippen LogP contribution in [-0.2, 0) is 23.6 Å². The van der Waals surface area contributed by atoms with Crippen molar-refractivity contribution in [2.45, 2.75) is 37.6 Å². The molecule has 30 heavy (non-hydrogen) atoms. The van der Waals surface area contributed by atoms with E-state index in [9.17, 15) is 9.59 Å². The second-order valence-corrected chi connectivity index (χ2v) is 8.00. The number of hydrogen-bond donors (Lipinski definition) is 3. The highest BCUT2D eigenvalue weighted by Gasteiger charge is 2.14. The van der Waals surface area contributed by atoms with Gasteiger partial charge in [0.25, 0.3) is 5.56 Å². The number of carbonyl (C=O) groups is 1. The van der Waals surface area contributed by atoms with E-state index in [4.69, 9.17) is 11.5 Å². The summed E-state index contributed by atoms with van der Waals surface area (Å²) in [6.45, 7) is 3.85. The summed E-state index contributed by atoms with van der Waals surface area (Å²) in [4.78, 5) is 30.1. The molecule has 2 heterocycles. The Morgan fingerprint density at radius 3 is 2.57 bits per heavy atom. The summed E-state index contributed by atoms with van der Waals surface area (Å²) in [6.07, 6.45) is 0. The van der Waals surface area contributed by atoms with E-state index in [2.05, 4.69) is 10.3 Å². The van der Waals surface area contributed by atoms with E-state index in [1.54, 1.807) is 13.0 Å². The van der Waals surface area contributed by atoms with Crippen LogP contribution in [0.2, 0.25) is 0 Å². The van der Waals surface area contributed by atoms with E-state index in [-0.39, 0.29) is 23.7 Å². The van der Waals surface area contributed by atoms with Gasteiger partial charge in [0.15, 0.2) is 0 Å². The van der Waals surface area contributed by atoms with Crippen molar-refractivity contribution in [2.75, 3.05) is 11.5 Å². The van der Waals surface area contributed by atoms with Crippen LogP contribution in [0.1, 0.15) is 22.5 Å². The van der Waals surface area contributed by atoms with E-state index >= 15 is 0 Å². The maximum atomic E-state index is 12.7. The number of rotatable bonds is 7. The van der Waals surface area contributed by atoms with Crippen molar-refractivity contribution in [1.29, 1.82) is 0 Å². The van der Waals surface area contributed by atoms with Crippen molar-refractivity contribution < 1.29 is 4.79 Å². The number of nitrogens with two attached hydrogens (primary N) is 2. The minimum atomic E-state index is -0.356. The molecule has 0 saturated heterocycles. The van der Waals surface area contributed by atoms with Crippen LogP contribution >= 0.6 is 11.8 Å². The molecule has 0 aliphatic carbocycles. The highest BCUT2D eigenvalue weighted by atomic mass is 32.2. The molecule has 0 aliphatic heterocycles. The van der Waals surface area contributed by atoms with Gasteiger partial charge in [0.1, 0.15) is 18.1 Å². The molecule has 7 nitrogen and oxygen atoms in total. The molecule has 0 saturated carbocycles. The first-order chi connectivity index (χ1) is 14.3. The van der Waals surface area contributed by atoms with Crippen LogP contribution in [0.25, 0.3) is 0 Å². The van der Waals surface area contributed by atoms with Gasteiger partial charge in [0, 0.05) is 28.6 Å². The first kappa shape index (κ1) is 21.4. The third-order valence-corrected chi connectivity index (χ3v) is 5.86. The van der Waals surface area contributed by atoms with Crippen LogP contribution in [0.15, 0.2) is 58.2 Å². The fraction of sp³-hybridized carbons (Fsp3) is 0.227. The number of nitrogens with one attached hydrogen (secondary N) is 1. The summed E-state index contributed by atoms with van der Waals surface area (Å²) < 4.78 is 1.39. The lowest BCUT2D eigenvalue weighted by Crippen LogP contribution is -2.34. The minimum Gasteiger partial charge on any atom is -0.393 e. The van der Waals surface area contributed by atoms with Gasteiger partial charge in [-0.2, -0.15) is 0 Å². The molecule has 3 rings (SSSR count). The average Bonchev–Trinajstić information content (AvgIpc) is 2.73. The van der Waals surface area contributed by atoms with E-state index in [0.717, 1.165) is 21.7 Å². The summed E-state index contributed by atoms with van der Waals surface area (Å²) in [7, 11) is 0. The summed E-state index contributed by atoms with van der Waals surface area (Å²) in [5.41, 5.74) is 15.0. The van der Waals surface area contributed by atoms with Crippen LogP contribution < -0.4 is 22.3 Å². The minimum absolute atomic E-state index is 0.0973. The van der Waals surface area contributed by atoms with E-state index < -0.39 is 0 Å². The Kier molecular flexibility index (Phi) is 6.79. The standard InChI is InChI=1S/C22H25N5O2S/c1-14-10-18(30-13-16-6-4-3-5-7-16)21(24)22(29)27(14)12-20(28)25-11-17-8-9-19(23)26-15(17)2/h3-10H,11-13,24H2,1-2H3,(H2,23,26)(H,25,28). The Balaban J connectivity index is 1.67. The highest BCUT2D eigenvalue weighted by molar-refractivity contribution is 7.98. The molecule has 0 unspecified atom stereocenters. The number of thioether (sulfide) groups is 1. The smallest absolute Gasteiger partial charge is 0.275 e. The van der Waals surface area contributed by atoms with Crippen LogP contribution in [0, 0.1) is 13.8 Å². The maximum absolute atomic E-state index is 12.7. The number of aryl methyl sites for hydroxylation is 2. The Morgan fingerprint density at radius 1 is 1.13 bits per heavy atom. The second kappa shape index (κ2) is 9.49. The van der Waals surface area contributed by atoms with Gasteiger partial charge in [0.05, 0.1) is 0 Å². The van der Waals surface area contributed by atoms with Gasteiger partial charge < -0.3 is 21.4 Å². The molecule has 0 radical (unpaired) electrons. The fourth-order valence-corrected chi connectivity index (χ4v) is 4.01. The molecule has 1 amide bonds. The number of carbonyl (C=O) groups excluding carboxylic acids is 1. The lowest BCUT2D eigenvalue weighted by atomic mass is 10.2. The summed E-state index contributed by atoms with van der Waals surface area (Å²) in [5.74, 6) is 0.870. The molecule has 0 aliphatic rings. The summed E-state index contributed by atoms with van der Waals surface area (Å²) in [6, 6.07) is 15.3. The SMILES string of the molecule is Cc1nc(N)ccc1CNC(=O)Cn1c(C)cc(SCc2ccccc2)c(N)c1=O. The third-order valence-electron chi connectivity index (χ3n) is 4.74. The van der Waals surface area contributed by atoms with Crippen LogP contribution in [0.3, 0.4) is 0 Å². The topological polar surface area (TPSA) is 116 Å². The molecule has 5 N–H and O–H groups in total. The van der Waals surface area contributed by atoms with E-state index in [1.165, 1.54) is 16.3 Å². The van der Waals surface area contributed by atoms with Crippen molar-refractivity contribution in [3.63, 3.8) is 0 Å². The molecule has 156 valence electrons. The maximum Gasteiger partial charge on any atom is 0.275 e. The number of nitrogen functional groups attached to an aromatic ring is 2. The zero-order valence-corrected chi connectivity index (χ0v) is 17.8. The molecule has 0 spiro atoms. The number of pyridine rings is 2. The molecule has 0 fully saturated rings. The fourth-order valence-electron chi connectivity index (χ4n) is 3.00. The number of benzene rings is 1. The highest BCUT2D eigenvalue weighted by Crippen LogP contribution is 2.27. The summed E-state index contributed by atoms with van der Waals surface area (Å²) >= 11 is 1.51. The summed E-state index contributed by atoms with van der Waals surface area (Å²) in [5, 5.41) is 2.82. The van der Waals surface area contributed by atoms with Gasteiger partial charge in [-0.05, 0) is 37.1 Å². The van der Waals surface area contributed by atoms with E-state index in [0.29, 0.717) is 23.8 Å². The molecule has 2 aromatic heterocycles. The lowest BCUT2D eigenvalue weighted by Gasteiger charge is -2.14. The zero-order valence-electron chi connectivity index (χ0n) is 17.0. The van der Waals surface area contributed by atoms with Gasteiger partial charge in [-0.25, -0.2) is 4.98 Å². The van der Waals surface area contributed by atoms with Gasteiger partial charge in [-0.15, -0.1) is 11.8 Å². The van der Waals surface area contributed by atoms with E-state index in [1.807, 2.05) is 49.4 Å². The lowest BCUT2D eigenvalue weighted by molar-refractivity contribution is -0.121. The monoisotopic (exact) mass is 423 g/mol. The van der Waals surface area contributed by atoms with Crippen molar-refractivity contribution in [2.24, 2.45) is 0 Å². The van der Waals surface area contributed by atoms with Crippen molar-refractivity contribution in [3.05, 3.63) is 81.4 Å². The van der Waals surface area contributed by atoms with Crippen LogP contribution in [0.5, 0.6) is 0 Å². The molecule has 0 bridgehead atoms. The molecule has 8 heteroatoms. The molecular weight excluding hydrogens is 398 g/mol. The van der Waals surface area contributed by atoms with Crippen LogP contribution in [0.4, 0.5) is 11.5 Å². The predicted molar refractivity (Wildman–Crippen MR) is 121 cm³/mol. The van der Waals surface area contributed by atoms with Gasteiger partial charge in [-0.1, -0.05) is 36.4 Å². The predicted octanol–water partition coefficient (Wildman–Crippen LogP) is 2.63. The number of hydrogen-bond acceptors (Lipinski definition) is 6. The average molecular weight is 424 g/mol. The van der Waals surface area contributed by atoms with Crippen LogP contribution in [-0.4, -0.2) is 15.5 Å². The molecular formula is C22H25N5O2S. The number of nitrogens with zero attached hydrogens (tertiary/aromatic N) is 2. The van der Waals surface area contributed by atoms with Crippen molar-refractivity contribution in [1.82, 2.24) is 14.9 Å². The molecule has 3 aromatic rings. The van der Waals surface area contributed by atoms with Crippen molar-refractivity contribution in [3.8, 4) is 0 Å². The van der Waals surface area contributed by atoms with Crippen molar-refractivity contribution >= 4 is 29.2 Å². The second-order valence-electron chi connectivity index (χ2n) is 6.99. The first-order valence-electron chi connectivity index (χ1n) is 9.50. The Morgan fingerprint density at radius 2 is 1.87 bits per heavy atom. The molecule has 0 atom stereocenters.